The first-order chi connectivity index (χ1) is 14.9. The second-order valence-electron chi connectivity index (χ2n) is 8.16. The molecule has 6 aromatic carbocycles. The molecule has 1 aliphatic rings. The Morgan fingerprint density at radius 1 is 0.333 bits per heavy atom. The molecule has 6 aromatic rings. The molecule has 0 N–H and O–H groups in total. The van der Waals surface area contributed by atoms with Crippen molar-refractivity contribution in [1.29, 1.82) is 0 Å². The van der Waals surface area contributed by atoms with E-state index in [1.807, 2.05) is 0 Å². The zero-order valence-corrected chi connectivity index (χ0v) is 16.4. The van der Waals surface area contributed by atoms with Crippen LogP contribution in [0.5, 0.6) is 0 Å². The lowest BCUT2D eigenvalue weighted by molar-refractivity contribution is 1.65. The quantitative estimate of drug-likeness (QED) is 0.251. The van der Waals surface area contributed by atoms with Crippen LogP contribution in [0.3, 0.4) is 0 Å². The molecule has 0 aliphatic heterocycles. The summed E-state index contributed by atoms with van der Waals surface area (Å²) >= 11 is 0. The second-order valence-corrected chi connectivity index (χ2v) is 8.16. The summed E-state index contributed by atoms with van der Waals surface area (Å²) in [5.41, 5.74) is 7.95. The third-order valence-electron chi connectivity index (χ3n) is 6.57. The van der Waals surface area contributed by atoms with Gasteiger partial charge in [-0.25, -0.2) is 0 Å². The first kappa shape index (κ1) is 16.0. The van der Waals surface area contributed by atoms with E-state index in [1.54, 1.807) is 0 Å². The zero-order valence-electron chi connectivity index (χ0n) is 16.4. The third-order valence-corrected chi connectivity index (χ3v) is 6.57. The second kappa shape index (κ2) is 5.81. The molecule has 0 spiro atoms. The minimum absolute atomic E-state index is 1.26. The van der Waals surface area contributed by atoms with Crippen LogP contribution in [0.15, 0.2) is 109 Å². The Labute approximate surface area is 175 Å². The number of benzene rings is 6. The van der Waals surface area contributed by atoms with Crippen molar-refractivity contribution in [2.75, 3.05) is 0 Å². The van der Waals surface area contributed by atoms with Gasteiger partial charge < -0.3 is 0 Å². The fourth-order valence-corrected chi connectivity index (χ4v) is 5.24. The van der Waals surface area contributed by atoms with Crippen molar-refractivity contribution in [3.05, 3.63) is 109 Å². The van der Waals surface area contributed by atoms with Crippen molar-refractivity contribution >= 4 is 32.3 Å². The third kappa shape index (κ3) is 2.06. The Hall–Kier alpha value is -3.90. The Morgan fingerprint density at radius 3 is 1.90 bits per heavy atom. The Morgan fingerprint density at radius 2 is 1.03 bits per heavy atom. The van der Waals surface area contributed by atoms with Crippen LogP contribution >= 0.6 is 0 Å². The molecule has 0 saturated carbocycles. The molecule has 0 aromatic heterocycles. The van der Waals surface area contributed by atoms with Gasteiger partial charge in [0, 0.05) is 0 Å². The molecule has 138 valence electrons. The Kier molecular flexibility index (Phi) is 3.09. The lowest BCUT2D eigenvalue weighted by Gasteiger charge is -2.12. The van der Waals surface area contributed by atoms with Crippen molar-refractivity contribution in [2.45, 2.75) is 0 Å². The minimum Gasteiger partial charge on any atom is -0.0622 e. The van der Waals surface area contributed by atoms with E-state index >= 15 is 0 Å². The highest BCUT2D eigenvalue weighted by Crippen LogP contribution is 2.50. The molecule has 0 heteroatoms. The summed E-state index contributed by atoms with van der Waals surface area (Å²) in [6, 6.07) is 40.0. The van der Waals surface area contributed by atoms with Gasteiger partial charge in [0.1, 0.15) is 0 Å². The number of hydrogen-bond acceptors (Lipinski definition) is 0. The maximum absolute atomic E-state index is 2.39. The van der Waals surface area contributed by atoms with Crippen LogP contribution < -0.4 is 0 Å². The average molecular weight is 378 g/mol. The van der Waals surface area contributed by atoms with Gasteiger partial charge in [-0.2, -0.15) is 0 Å². The molecule has 7 rings (SSSR count). The summed E-state index contributed by atoms with van der Waals surface area (Å²) in [7, 11) is 0. The van der Waals surface area contributed by atoms with Gasteiger partial charge in [0.2, 0.25) is 0 Å². The highest BCUT2D eigenvalue weighted by Gasteiger charge is 2.22. The molecule has 0 saturated heterocycles. The van der Waals surface area contributed by atoms with Crippen LogP contribution in [0, 0.1) is 0 Å². The van der Waals surface area contributed by atoms with Gasteiger partial charge in [0.05, 0.1) is 0 Å². The van der Waals surface area contributed by atoms with Gasteiger partial charge in [-0.1, -0.05) is 97.1 Å². The van der Waals surface area contributed by atoms with E-state index in [0.29, 0.717) is 0 Å². The van der Waals surface area contributed by atoms with Crippen molar-refractivity contribution in [3.63, 3.8) is 0 Å². The summed E-state index contributed by atoms with van der Waals surface area (Å²) in [6.45, 7) is 0. The molecular formula is C30H18. The fraction of sp³-hybridized carbons (Fsp3) is 0. The molecule has 0 fully saturated rings. The molecular weight excluding hydrogens is 360 g/mol. The van der Waals surface area contributed by atoms with Crippen LogP contribution in [0.25, 0.3) is 65.7 Å². The monoisotopic (exact) mass is 378 g/mol. The summed E-state index contributed by atoms with van der Waals surface area (Å²) in [6.07, 6.45) is 0. The van der Waals surface area contributed by atoms with E-state index in [1.165, 1.54) is 65.7 Å². The molecule has 30 heavy (non-hydrogen) atoms. The maximum atomic E-state index is 2.39. The molecule has 0 radical (unpaired) electrons. The first-order valence-electron chi connectivity index (χ1n) is 10.5. The van der Waals surface area contributed by atoms with Gasteiger partial charge in [0.25, 0.3) is 0 Å². The zero-order chi connectivity index (χ0) is 19.7. The van der Waals surface area contributed by atoms with Crippen LogP contribution in [0.1, 0.15) is 0 Å². The molecule has 0 heterocycles. The molecule has 0 unspecified atom stereocenters. The summed E-state index contributed by atoms with van der Waals surface area (Å²) < 4.78 is 0. The van der Waals surface area contributed by atoms with E-state index in [0.717, 1.165) is 0 Å². The van der Waals surface area contributed by atoms with E-state index in [-0.39, 0.29) is 0 Å². The highest BCUT2D eigenvalue weighted by molar-refractivity contribution is 6.28. The van der Waals surface area contributed by atoms with Crippen molar-refractivity contribution in [3.8, 4) is 33.4 Å². The average Bonchev–Trinajstić information content (AvgIpc) is 3.14. The van der Waals surface area contributed by atoms with Crippen LogP contribution in [0.4, 0.5) is 0 Å². The standard InChI is InChI=1S/C30H18/c1-2-7-19(8-3-1)21-15-13-20-14-16-22-18-28-24-10-5-4-9-23(24)25-11-6-12-26(30(25)28)29(22)27(20)17-21/h1-18H. The first-order valence-corrected chi connectivity index (χ1v) is 10.5. The van der Waals surface area contributed by atoms with Crippen molar-refractivity contribution < 1.29 is 0 Å². The predicted molar refractivity (Wildman–Crippen MR) is 129 cm³/mol. The van der Waals surface area contributed by atoms with Crippen LogP contribution in [-0.2, 0) is 0 Å². The van der Waals surface area contributed by atoms with Gasteiger partial charge >= 0.3 is 0 Å². The van der Waals surface area contributed by atoms with Gasteiger partial charge in [-0.15, -0.1) is 0 Å². The SMILES string of the molecule is c1ccc(-c2ccc3ccc4cc5c6c(cccc6c4c3c2)-c2ccccc2-5)cc1. The highest BCUT2D eigenvalue weighted by atomic mass is 14.2. The van der Waals surface area contributed by atoms with Gasteiger partial charge in [-0.05, 0) is 77.8 Å². The largest absolute Gasteiger partial charge is 0.0622 e. The summed E-state index contributed by atoms with van der Waals surface area (Å²) in [5.74, 6) is 0. The number of hydrogen-bond donors (Lipinski definition) is 0. The molecule has 0 amide bonds. The van der Waals surface area contributed by atoms with Crippen LogP contribution in [-0.4, -0.2) is 0 Å². The summed E-state index contributed by atoms with van der Waals surface area (Å²) in [5, 5.41) is 8.03. The van der Waals surface area contributed by atoms with Crippen molar-refractivity contribution in [2.24, 2.45) is 0 Å². The van der Waals surface area contributed by atoms with Gasteiger partial charge in [-0.3, -0.25) is 0 Å². The molecule has 0 atom stereocenters. The molecule has 0 bridgehead atoms. The predicted octanol–water partition coefficient (Wildman–Crippen LogP) is 8.46. The number of fused-ring (bicyclic) bond motifs is 7. The lowest BCUT2D eigenvalue weighted by atomic mass is 9.91. The fourth-order valence-electron chi connectivity index (χ4n) is 5.24. The number of rotatable bonds is 1. The molecule has 1 aliphatic carbocycles. The lowest BCUT2D eigenvalue weighted by Crippen LogP contribution is -1.85. The van der Waals surface area contributed by atoms with Gasteiger partial charge in [0.15, 0.2) is 0 Å². The normalized spacial score (nSPS) is 12.0. The van der Waals surface area contributed by atoms with Crippen molar-refractivity contribution in [1.82, 2.24) is 0 Å². The smallest absolute Gasteiger partial charge is 0.00197 e. The van der Waals surface area contributed by atoms with E-state index in [4.69, 9.17) is 0 Å². The maximum Gasteiger partial charge on any atom is -0.00197 e. The van der Waals surface area contributed by atoms with Crippen LogP contribution in [0.2, 0.25) is 0 Å². The van der Waals surface area contributed by atoms with E-state index in [2.05, 4.69) is 109 Å². The Balaban J connectivity index is 1.65. The Bertz CT molecular complexity index is 1620. The van der Waals surface area contributed by atoms with E-state index < -0.39 is 0 Å². The summed E-state index contributed by atoms with van der Waals surface area (Å²) in [4.78, 5) is 0. The minimum atomic E-state index is 1.26. The van der Waals surface area contributed by atoms with E-state index in [9.17, 15) is 0 Å². The molecule has 0 nitrogen and oxygen atoms in total. The topological polar surface area (TPSA) is 0 Å².